The van der Waals surface area contributed by atoms with Crippen molar-refractivity contribution >= 4 is 6.09 Å². The lowest BCUT2D eigenvalue weighted by atomic mass is 9.46. The predicted molar refractivity (Wildman–Crippen MR) is 164 cm³/mol. The summed E-state index contributed by atoms with van der Waals surface area (Å²) < 4.78 is 25.9. The van der Waals surface area contributed by atoms with E-state index in [1.807, 2.05) is 4.90 Å². The van der Waals surface area contributed by atoms with Gasteiger partial charge < -0.3 is 29.2 Å². The van der Waals surface area contributed by atoms with Crippen LogP contribution in [0.2, 0.25) is 0 Å². The van der Waals surface area contributed by atoms with E-state index in [1.54, 1.807) is 0 Å². The number of nitrogens with zero attached hydrogens (tertiary/aromatic N) is 1. The van der Waals surface area contributed by atoms with Gasteiger partial charge in [0.05, 0.1) is 24.9 Å². The lowest BCUT2D eigenvalue weighted by molar-refractivity contribution is -0.232. The lowest BCUT2D eigenvalue weighted by Crippen LogP contribution is -2.56. The predicted octanol–water partition coefficient (Wildman–Crippen LogP) is 6.39. The maximum Gasteiger partial charge on any atom is 0.410 e. The summed E-state index contributed by atoms with van der Waals surface area (Å²) in [5.74, 6) is 3.30. The molecule has 0 aromatic carbocycles. The standard InChI is InChI=1S/C36H58N2O5/c1-22(2)31(43-32(39)38-16-6-17-38)26-9-7-24-27(41-26)19-25-23-8-10-28-33(3,4)29(42-30-20-37-15-18-40-30)11-12-36(28)21-35(23,36)14-13-34(24,25)5/h22-31,37H,6-21H2,1-5H3/t23?,24?,25?,26?,27?,28?,29-,30?,31-,34?,35-,36?/m0/s1. The fourth-order valence-electron chi connectivity index (χ4n) is 12.9. The van der Waals surface area contributed by atoms with Crippen molar-refractivity contribution in [3.8, 4) is 0 Å². The minimum Gasteiger partial charge on any atom is -0.443 e. The lowest BCUT2D eigenvalue weighted by Gasteiger charge is -2.60. The van der Waals surface area contributed by atoms with Crippen LogP contribution in [0.3, 0.4) is 0 Å². The van der Waals surface area contributed by atoms with E-state index >= 15 is 0 Å². The van der Waals surface area contributed by atoms with Gasteiger partial charge in [0.15, 0.2) is 6.29 Å². The van der Waals surface area contributed by atoms with E-state index in [2.05, 4.69) is 39.9 Å². The summed E-state index contributed by atoms with van der Waals surface area (Å²) in [5.41, 5.74) is 1.65. The molecule has 1 amide bonds. The Labute approximate surface area is 259 Å². The highest BCUT2D eigenvalue weighted by atomic mass is 16.7. The Kier molecular flexibility index (Phi) is 7.07. The van der Waals surface area contributed by atoms with Crippen LogP contribution in [0.15, 0.2) is 0 Å². The van der Waals surface area contributed by atoms with Crippen molar-refractivity contribution in [1.82, 2.24) is 10.2 Å². The Hall–Kier alpha value is -0.890. The number of rotatable bonds is 5. The SMILES string of the molecule is CC(C)[C@H](OC(=O)N1CCC1)C1CCC2C(CC3C4CCC5C(C)(C)[C@@H](OC6CNCCO6)CCC56C[C@@]46CCC23C)O1. The van der Waals surface area contributed by atoms with Crippen LogP contribution < -0.4 is 5.32 Å². The summed E-state index contributed by atoms with van der Waals surface area (Å²) in [5, 5.41) is 3.45. The fourth-order valence-corrected chi connectivity index (χ4v) is 12.9. The Morgan fingerprint density at radius 2 is 1.77 bits per heavy atom. The van der Waals surface area contributed by atoms with Crippen molar-refractivity contribution in [3.05, 3.63) is 0 Å². The van der Waals surface area contributed by atoms with Crippen LogP contribution in [0.1, 0.15) is 105 Å². The molecule has 9 unspecified atom stereocenters. The first-order valence-electron chi connectivity index (χ1n) is 18.2. The van der Waals surface area contributed by atoms with E-state index in [1.165, 1.54) is 57.8 Å². The number of carbonyl (C=O) groups excluding carboxylic acids is 1. The molecule has 8 aliphatic rings. The summed E-state index contributed by atoms with van der Waals surface area (Å²) >= 11 is 0. The van der Waals surface area contributed by atoms with Gasteiger partial charge in [0.2, 0.25) is 0 Å². The molecule has 3 saturated heterocycles. The zero-order valence-corrected chi connectivity index (χ0v) is 27.6. The van der Waals surface area contributed by atoms with Crippen LogP contribution in [0.25, 0.3) is 0 Å². The van der Waals surface area contributed by atoms with Crippen molar-refractivity contribution in [1.29, 1.82) is 0 Å². The summed E-state index contributed by atoms with van der Waals surface area (Å²) in [4.78, 5) is 14.6. The summed E-state index contributed by atoms with van der Waals surface area (Å²) in [6.45, 7) is 16.3. The van der Waals surface area contributed by atoms with Gasteiger partial charge >= 0.3 is 6.09 Å². The molecule has 43 heavy (non-hydrogen) atoms. The first kappa shape index (κ1) is 29.5. The number of ether oxygens (including phenoxy) is 4. The maximum absolute atomic E-state index is 12.8. The van der Waals surface area contributed by atoms with Crippen LogP contribution in [0, 0.1) is 51.2 Å². The second-order valence-electron chi connectivity index (χ2n) is 17.4. The van der Waals surface area contributed by atoms with Gasteiger partial charge in [0, 0.05) is 26.2 Å². The molecule has 242 valence electrons. The Balaban J connectivity index is 0.973. The number of hydrogen-bond acceptors (Lipinski definition) is 6. The molecule has 8 rings (SSSR count). The average molecular weight is 599 g/mol. The van der Waals surface area contributed by atoms with Gasteiger partial charge in [-0.3, -0.25) is 0 Å². The van der Waals surface area contributed by atoms with Gasteiger partial charge in [0.1, 0.15) is 6.10 Å². The molecule has 5 saturated carbocycles. The molecular weight excluding hydrogens is 540 g/mol. The van der Waals surface area contributed by atoms with Crippen molar-refractivity contribution < 1.29 is 23.7 Å². The molecule has 0 aromatic rings. The summed E-state index contributed by atoms with van der Waals surface area (Å²) in [6, 6.07) is 0. The third kappa shape index (κ3) is 4.29. The third-order valence-electron chi connectivity index (χ3n) is 15.1. The number of nitrogens with one attached hydrogen (secondary N) is 1. The number of fused-ring (bicyclic) bond motifs is 4. The highest BCUT2D eigenvalue weighted by Crippen LogP contribution is 2.87. The first-order valence-corrected chi connectivity index (χ1v) is 18.2. The molecule has 8 fully saturated rings. The first-order chi connectivity index (χ1) is 20.6. The van der Waals surface area contributed by atoms with E-state index in [0.29, 0.717) is 34.4 Å². The van der Waals surface area contributed by atoms with E-state index in [4.69, 9.17) is 18.9 Å². The van der Waals surface area contributed by atoms with Gasteiger partial charge in [-0.25, -0.2) is 4.79 Å². The Bertz CT molecular complexity index is 1090. The van der Waals surface area contributed by atoms with Gasteiger partial charge in [-0.05, 0) is 122 Å². The normalized spacial score (nSPS) is 50.3. The smallest absolute Gasteiger partial charge is 0.410 e. The van der Waals surface area contributed by atoms with Gasteiger partial charge in [-0.1, -0.05) is 34.6 Å². The second kappa shape index (κ2) is 10.3. The monoisotopic (exact) mass is 598 g/mol. The highest BCUT2D eigenvalue weighted by Gasteiger charge is 2.80. The van der Waals surface area contributed by atoms with Crippen molar-refractivity contribution in [3.63, 3.8) is 0 Å². The molecule has 0 aromatic heterocycles. The molecule has 12 atom stereocenters. The molecule has 5 aliphatic carbocycles. The van der Waals surface area contributed by atoms with Crippen LogP contribution in [0.4, 0.5) is 4.79 Å². The van der Waals surface area contributed by atoms with E-state index in [0.717, 1.165) is 63.4 Å². The van der Waals surface area contributed by atoms with Gasteiger partial charge in [-0.15, -0.1) is 0 Å². The number of morpholine rings is 1. The zero-order chi connectivity index (χ0) is 29.8. The van der Waals surface area contributed by atoms with Crippen LogP contribution in [-0.4, -0.2) is 74.5 Å². The van der Waals surface area contributed by atoms with Crippen molar-refractivity contribution in [2.24, 2.45) is 51.2 Å². The van der Waals surface area contributed by atoms with E-state index < -0.39 is 0 Å². The minimum atomic E-state index is -0.146. The van der Waals surface area contributed by atoms with E-state index in [-0.39, 0.29) is 35.9 Å². The molecule has 3 aliphatic heterocycles. The molecule has 1 N–H and O–H groups in total. The molecule has 7 nitrogen and oxygen atoms in total. The molecule has 7 heteroatoms. The molecule has 2 spiro atoms. The topological polar surface area (TPSA) is 69.3 Å². The second-order valence-corrected chi connectivity index (χ2v) is 17.4. The average Bonchev–Trinajstić information content (AvgIpc) is 3.52. The van der Waals surface area contributed by atoms with Crippen LogP contribution >= 0.6 is 0 Å². The Morgan fingerprint density at radius 3 is 2.49 bits per heavy atom. The maximum atomic E-state index is 12.8. The minimum absolute atomic E-state index is 0.0339. The van der Waals surface area contributed by atoms with Crippen LogP contribution in [0.5, 0.6) is 0 Å². The number of hydrogen-bond donors (Lipinski definition) is 1. The molecule has 0 bridgehead atoms. The Morgan fingerprint density at radius 1 is 0.953 bits per heavy atom. The third-order valence-corrected chi connectivity index (χ3v) is 15.1. The summed E-state index contributed by atoms with van der Waals surface area (Å²) in [6.07, 6.45) is 14.4. The molecule has 0 radical (unpaired) electrons. The quantitative estimate of drug-likeness (QED) is 0.396. The fraction of sp³-hybridized carbons (Fsp3) is 0.972. The highest BCUT2D eigenvalue weighted by molar-refractivity contribution is 5.68. The van der Waals surface area contributed by atoms with Gasteiger partial charge in [0.25, 0.3) is 0 Å². The number of carbonyl (C=O) groups is 1. The summed E-state index contributed by atoms with van der Waals surface area (Å²) in [7, 11) is 0. The van der Waals surface area contributed by atoms with Crippen molar-refractivity contribution in [2.45, 2.75) is 136 Å². The number of amides is 1. The zero-order valence-electron chi connectivity index (χ0n) is 27.6. The molecular formula is C36H58N2O5. The van der Waals surface area contributed by atoms with Crippen LogP contribution in [-0.2, 0) is 18.9 Å². The van der Waals surface area contributed by atoms with E-state index in [9.17, 15) is 4.79 Å². The molecule has 3 heterocycles. The number of likely N-dealkylation sites (tertiary alicyclic amines) is 1. The largest absolute Gasteiger partial charge is 0.443 e. The van der Waals surface area contributed by atoms with Crippen molar-refractivity contribution in [2.75, 3.05) is 32.8 Å². The van der Waals surface area contributed by atoms with Gasteiger partial charge in [-0.2, -0.15) is 0 Å².